The molecule has 182 valence electrons. The predicted molar refractivity (Wildman–Crippen MR) is 131 cm³/mol. The Morgan fingerprint density at radius 3 is 2.67 bits per heavy atom. The Bertz CT molecular complexity index is 807. The fourth-order valence-electron chi connectivity index (χ4n) is 6.86. The monoisotopic (exact) mass is 456 g/mol. The molecule has 0 bridgehead atoms. The number of anilines is 1. The van der Waals surface area contributed by atoms with E-state index in [4.69, 9.17) is 0 Å². The molecule has 4 atom stereocenters. The van der Waals surface area contributed by atoms with Gasteiger partial charge in [-0.2, -0.15) is 0 Å². The second-order valence-electron chi connectivity index (χ2n) is 11.0. The summed E-state index contributed by atoms with van der Waals surface area (Å²) in [5, 5.41) is 10.3. The van der Waals surface area contributed by atoms with Gasteiger partial charge in [0.15, 0.2) is 0 Å². The Morgan fingerprint density at radius 2 is 1.88 bits per heavy atom. The van der Waals surface area contributed by atoms with E-state index >= 15 is 0 Å². The number of carbonyl (C=O) groups is 1. The van der Waals surface area contributed by atoms with E-state index in [2.05, 4.69) is 20.9 Å². The molecule has 3 N–H and O–H groups in total. The van der Waals surface area contributed by atoms with Crippen molar-refractivity contribution in [3.8, 4) is 0 Å². The number of halogens is 1. The molecule has 1 aromatic carbocycles. The van der Waals surface area contributed by atoms with Crippen LogP contribution in [0.15, 0.2) is 12.1 Å². The second-order valence-corrected chi connectivity index (χ2v) is 11.0. The maximum absolute atomic E-state index is 14.2. The van der Waals surface area contributed by atoms with Crippen LogP contribution in [-0.2, 0) is 11.2 Å². The SMILES string of the molecule is Cc1ccc(F)c2c1NC(C(=O)N[C@H]1CCC[C@H](C3CNCN(C4CCCCCC4)C3)C1)C2. The highest BCUT2D eigenvalue weighted by atomic mass is 19.1. The van der Waals surface area contributed by atoms with Gasteiger partial charge < -0.3 is 16.0 Å². The first-order chi connectivity index (χ1) is 16.1. The van der Waals surface area contributed by atoms with E-state index in [-0.39, 0.29) is 23.8 Å². The molecule has 2 saturated carbocycles. The van der Waals surface area contributed by atoms with E-state index < -0.39 is 0 Å². The Morgan fingerprint density at radius 1 is 1.06 bits per heavy atom. The zero-order valence-electron chi connectivity index (χ0n) is 20.2. The molecule has 3 fully saturated rings. The quantitative estimate of drug-likeness (QED) is 0.590. The highest BCUT2D eigenvalue weighted by Gasteiger charge is 2.36. The highest BCUT2D eigenvalue weighted by Crippen LogP contribution is 2.34. The number of fused-ring (bicyclic) bond motifs is 1. The minimum Gasteiger partial charge on any atom is -0.373 e. The summed E-state index contributed by atoms with van der Waals surface area (Å²) in [6, 6.07) is 3.92. The van der Waals surface area contributed by atoms with Crippen molar-refractivity contribution in [1.29, 1.82) is 0 Å². The number of hydrogen-bond acceptors (Lipinski definition) is 4. The third-order valence-electron chi connectivity index (χ3n) is 8.77. The van der Waals surface area contributed by atoms with E-state index in [1.54, 1.807) is 6.07 Å². The maximum Gasteiger partial charge on any atom is 0.243 e. The van der Waals surface area contributed by atoms with Crippen LogP contribution in [0, 0.1) is 24.6 Å². The van der Waals surface area contributed by atoms with Gasteiger partial charge in [0.25, 0.3) is 0 Å². The number of aryl methyl sites for hydroxylation is 1. The van der Waals surface area contributed by atoms with Gasteiger partial charge >= 0.3 is 0 Å². The third kappa shape index (κ3) is 5.22. The van der Waals surface area contributed by atoms with Crippen molar-refractivity contribution in [2.24, 2.45) is 11.8 Å². The van der Waals surface area contributed by atoms with Crippen LogP contribution >= 0.6 is 0 Å². The normalized spacial score (nSPS) is 31.5. The summed E-state index contributed by atoms with van der Waals surface area (Å²) in [6.07, 6.45) is 13.3. The second kappa shape index (κ2) is 10.3. The Hall–Kier alpha value is -1.66. The van der Waals surface area contributed by atoms with Gasteiger partial charge in [0.2, 0.25) is 5.91 Å². The summed E-state index contributed by atoms with van der Waals surface area (Å²) in [6.45, 7) is 5.32. The molecule has 2 heterocycles. The molecule has 2 aliphatic carbocycles. The third-order valence-corrected chi connectivity index (χ3v) is 8.77. The standard InChI is InChI=1S/C27H41FN4O/c1-18-11-12-24(28)23-14-25(31-26(18)23)27(33)30-21-8-6-7-19(13-21)20-15-29-17-32(16-20)22-9-4-2-3-5-10-22/h11-12,19-22,25,29,31H,2-10,13-17H2,1H3,(H,30,33)/t19-,20?,21-,25?/m0/s1. The lowest BCUT2D eigenvalue weighted by Gasteiger charge is -2.43. The molecule has 6 heteroatoms. The Balaban J connectivity index is 1.15. The van der Waals surface area contributed by atoms with Crippen LogP contribution in [0.5, 0.6) is 0 Å². The topological polar surface area (TPSA) is 56.4 Å². The van der Waals surface area contributed by atoms with Crippen molar-refractivity contribution in [2.75, 3.05) is 25.1 Å². The van der Waals surface area contributed by atoms with E-state index in [1.807, 2.05) is 6.92 Å². The van der Waals surface area contributed by atoms with Crippen LogP contribution in [0.3, 0.4) is 0 Å². The van der Waals surface area contributed by atoms with Crippen molar-refractivity contribution < 1.29 is 9.18 Å². The van der Waals surface area contributed by atoms with E-state index in [1.165, 1.54) is 64.0 Å². The number of hydrogen-bond donors (Lipinski definition) is 3. The molecule has 5 rings (SSSR count). The molecule has 2 unspecified atom stereocenters. The smallest absolute Gasteiger partial charge is 0.243 e. The van der Waals surface area contributed by atoms with Gasteiger partial charge in [0, 0.05) is 49.5 Å². The minimum atomic E-state index is -0.363. The van der Waals surface area contributed by atoms with Gasteiger partial charge in [-0.1, -0.05) is 38.2 Å². The van der Waals surface area contributed by atoms with Crippen molar-refractivity contribution in [3.05, 3.63) is 29.1 Å². The molecule has 2 aliphatic heterocycles. The molecule has 0 radical (unpaired) electrons. The molecular formula is C27H41FN4O. The number of benzene rings is 1. The van der Waals surface area contributed by atoms with Gasteiger partial charge in [-0.3, -0.25) is 9.69 Å². The van der Waals surface area contributed by atoms with Crippen LogP contribution in [0.1, 0.15) is 75.3 Å². The van der Waals surface area contributed by atoms with E-state index in [0.29, 0.717) is 23.8 Å². The van der Waals surface area contributed by atoms with Crippen molar-refractivity contribution in [3.63, 3.8) is 0 Å². The van der Waals surface area contributed by atoms with Gasteiger partial charge in [0.05, 0.1) is 0 Å². The van der Waals surface area contributed by atoms with Gasteiger partial charge in [-0.05, 0) is 62.5 Å². The molecule has 1 aromatic rings. The number of nitrogens with zero attached hydrogens (tertiary/aromatic N) is 1. The molecule has 5 nitrogen and oxygen atoms in total. The molecule has 0 spiro atoms. The number of amides is 1. The minimum absolute atomic E-state index is 0.0255. The first-order valence-corrected chi connectivity index (χ1v) is 13.4. The zero-order valence-corrected chi connectivity index (χ0v) is 20.2. The van der Waals surface area contributed by atoms with Crippen LogP contribution in [0.25, 0.3) is 0 Å². The number of carbonyl (C=O) groups excluding carboxylic acids is 1. The molecular weight excluding hydrogens is 415 g/mol. The summed E-state index contributed by atoms with van der Waals surface area (Å²) in [4.78, 5) is 15.8. The van der Waals surface area contributed by atoms with Crippen LogP contribution < -0.4 is 16.0 Å². The molecule has 1 saturated heterocycles. The Kier molecular flexibility index (Phi) is 7.21. The van der Waals surface area contributed by atoms with Crippen LogP contribution in [0.2, 0.25) is 0 Å². The predicted octanol–water partition coefficient (Wildman–Crippen LogP) is 4.35. The average molecular weight is 457 g/mol. The van der Waals surface area contributed by atoms with Gasteiger partial charge in [-0.25, -0.2) is 4.39 Å². The van der Waals surface area contributed by atoms with Crippen molar-refractivity contribution in [2.45, 2.75) is 95.7 Å². The largest absolute Gasteiger partial charge is 0.373 e. The van der Waals surface area contributed by atoms with Gasteiger partial charge in [0.1, 0.15) is 11.9 Å². The van der Waals surface area contributed by atoms with E-state index in [9.17, 15) is 9.18 Å². The summed E-state index contributed by atoms with van der Waals surface area (Å²) < 4.78 is 14.2. The summed E-state index contributed by atoms with van der Waals surface area (Å²) in [5.41, 5.74) is 2.47. The first kappa shape index (κ1) is 23.1. The first-order valence-electron chi connectivity index (χ1n) is 13.4. The number of nitrogens with one attached hydrogen (secondary N) is 3. The maximum atomic E-state index is 14.2. The fraction of sp³-hybridized carbons (Fsp3) is 0.741. The van der Waals surface area contributed by atoms with Crippen LogP contribution in [0.4, 0.5) is 10.1 Å². The van der Waals surface area contributed by atoms with Crippen molar-refractivity contribution in [1.82, 2.24) is 15.5 Å². The zero-order chi connectivity index (χ0) is 22.8. The molecule has 0 aromatic heterocycles. The van der Waals surface area contributed by atoms with E-state index in [0.717, 1.165) is 43.3 Å². The lowest BCUT2D eigenvalue weighted by molar-refractivity contribution is -0.122. The summed E-state index contributed by atoms with van der Waals surface area (Å²) in [5.74, 6) is 1.16. The highest BCUT2D eigenvalue weighted by molar-refractivity contribution is 5.88. The van der Waals surface area contributed by atoms with Crippen molar-refractivity contribution >= 4 is 11.6 Å². The molecule has 1 amide bonds. The number of rotatable bonds is 4. The van der Waals surface area contributed by atoms with Gasteiger partial charge in [-0.15, -0.1) is 0 Å². The molecule has 4 aliphatic rings. The summed E-state index contributed by atoms with van der Waals surface area (Å²) >= 11 is 0. The Labute approximate surface area is 198 Å². The summed E-state index contributed by atoms with van der Waals surface area (Å²) in [7, 11) is 0. The lowest BCUT2D eigenvalue weighted by Crippen LogP contribution is -2.54. The van der Waals surface area contributed by atoms with Crippen LogP contribution in [-0.4, -0.2) is 48.7 Å². The molecule has 33 heavy (non-hydrogen) atoms. The lowest BCUT2D eigenvalue weighted by atomic mass is 9.76. The fourth-order valence-corrected chi connectivity index (χ4v) is 6.86. The average Bonchev–Trinajstić information content (AvgIpc) is 3.13.